The summed E-state index contributed by atoms with van der Waals surface area (Å²) in [5.74, 6) is 0. The Morgan fingerprint density at radius 1 is 1.11 bits per heavy atom. The highest BCUT2D eigenvalue weighted by atomic mass is 35.5. The topological polar surface area (TPSA) is 72.2 Å². The highest BCUT2D eigenvalue weighted by molar-refractivity contribution is 7.92. The van der Waals surface area contributed by atoms with E-state index in [-0.39, 0.29) is 4.90 Å². The standard InChI is InChI=1S/C13H13ClN2O2S/c1-9-12(15)3-2-4-13(9)16-19(17,18)11-7-5-10(14)6-8-11/h2-8,16H,15H2,1H3. The largest absolute Gasteiger partial charge is 0.398 e. The lowest BCUT2D eigenvalue weighted by Gasteiger charge is -2.11. The molecule has 100 valence electrons. The lowest BCUT2D eigenvalue weighted by atomic mass is 10.2. The van der Waals surface area contributed by atoms with Crippen LogP contribution >= 0.6 is 11.6 Å². The van der Waals surface area contributed by atoms with Crippen molar-refractivity contribution in [3.05, 3.63) is 53.1 Å². The molecule has 0 aliphatic carbocycles. The molecule has 19 heavy (non-hydrogen) atoms. The fraction of sp³-hybridized carbons (Fsp3) is 0.0769. The van der Waals surface area contributed by atoms with E-state index in [1.54, 1.807) is 25.1 Å². The molecular weight excluding hydrogens is 284 g/mol. The number of nitrogen functional groups attached to an aromatic ring is 1. The molecule has 6 heteroatoms. The molecular formula is C13H13ClN2O2S. The van der Waals surface area contributed by atoms with Crippen LogP contribution in [-0.2, 0) is 10.0 Å². The van der Waals surface area contributed by atoms with Gasteiger partial charge in [0, 0.05) is 10.7 Å². The van der Waals surface area contributed by atoms with Crippen LogP contribution in [0.25, 0.3) is 0 Å². The van der Waals surface area contributed by atoms with Crippen molar-refractivity contribution in [1.29, 1.82) is 0 Å². The number of benzene rings is 2. The maximum Gasteiger partial charge on any atom is 0.261 e. The Bertz CT molecular complexity index is 697. The average Bonchev–Trinajstić information content (AvgIpc) is 2.35. The Hall–Kier alpha value is -1.72. The summed E-state index contributed by atoms with van der Waals surface area (Å²) < 4.78 is 26.9. The molecule has 2 aromatic carbocycles. The quantitative estimate of drug-likeness (QED) is 0.855. The fourth-order valence-corrected chi connectivity index (χ4v) is 2.83. The first kappa shape index (κ1) is 13.7. The molecule has 0 heterocycles. The number of rotatable bonds is 3. The van der Waals surface area contributed by atoms with Crippen molar-refractivity contribution in [1.82, 2.24) is 0 Å². The van der Waals surface area contributed by atoms with E-state index in [1.165, 1.54) is 24.3 Å². The molecule has 3 N–H and O–H groups in total. The van der Waals surface area contributed by atoms with Gasteiger partial charge in [0.15, 0.2) is 0 Å². The van der Waals surface area contributed by atoms with Crippen LogP contribution in [0.15, 0.2) is 47.4 Å². The molecule has 4 nitrogen and oxygen atoms in total. The molecule has 0 aliphatic rings. The van der Waals surface area contributed by atoms with Crippen LogP contribution in [0.5, 0.6) is 0 Å². The molecule has 0 aromatic heterocycles. The fourth-order valence-electron chi connectivity index (χ4n) is 1.58. The van der Waals surface area contributed by atoms with Gasteiger partial charge in [0.1, 0.15) is 0 Å². The minimum atomic E-state index is -3.63. The van der Waals surface area contributed by atoms with Gasteiger partial charge in [-0.1, -0.05) is 17.7 Å². The number of anilines is 2. The molecule has 0 saturated carbocycles. The van der Waals surface area contributed by atoms with Gasteiger partial charge in [-0.05, 0) is 48.9 Å². The third kappa shape index (κ3) is 3.00. The van der Waals surface area contributed by atoms with Gasteiger partial charge in [0.05, 0.1) is 10.6 Å². The van der Waals surface area contributed by atoms with Crippen molar-refractivity contribution in [2.75, 3.05) is 10.5 Å². The van der Waals surface area contributed by atoms with Gasteiger partial charge in [0.25, 0.3) is 10.0 Å². The zero-order valence-corrected chi connectivity index (χ0v) is 11.8. The summed E-state index contributed by atoms with van der Waals surface area (Å²) in [6.45, 7) is 1.76. The first-order valence-corrected chi connectivity index (χ1v) is 7.40. The monoisotopic (exact) mass is 296 g/mol. The van der Waals surface area contributed by atoms with Crippen LogP contribution in [0.3, 0.4) is 0 Å². The van der Waals surface area contributed by atoms with E-state index in [0.29, 0.717) is 22.0 Å². The van der Waals surface area contributed by atoms with Gasteiger partial charge in [0.2, 0.25) is 0 Å². The number of nitrogens with two attached hydrogens (primary N) is 1. The Morgan fingerprint density at radius 2 is 1.74 bits per heavy atom. The van der Waals surface area contributed by atoms with Gasteiger partial charge in [-0.3, -0.25) is 4.72 Å². The van der Waals surface area contributed by atoms with Crippen LogP contribution < -0.4 is 10.5 Å². The lowest BCUT2D eigenvalue weighted by molar-refractivity contribution is 0.601. The smallest absolute Gasteiger partial charge is 0.261 e. The summed E-state index contributed by atoms with van der Waals surface area (Å²) >= 11 is 5.74. The third-order valence-electron chi connectivity index (χ3n) is 2.74. The van der Waals surface area contributed by atoms with Crippen molar-refractivity contribution < 1.29 is 8.42 Å². The Kier molecular flexibility index (Phi) is 3.68. The molecule has 0 bridgehead atoms. The normalized spacial score (nSPS) is 11.3. The van der Waals surface area contributed by atoms with Gasteiger partial charge in [-0.25, -0.2) is 8.42 Å². The lowest BCUT2D eigenvalue weighted by Crippen LogP contribution is -2.14. The second-order valence-corrected chi connectivity index (χ2v) is 6.20. The first-order chi connectivity index (χ1) is 8.90. The van der Waals surface area contributed by atoms with Crippen molar-refractivity contribution in [2.24, 2.45) is 0 Å². The van der Waals surface area contributed by atoms with E-state index >= 15 is 0 Å². The summed E-state index contributed by atoms with van der Waals surface area (Å²) in [6.07, 6.45) is 0. The van der Waals surface area contributed by atoms with Crippen LogP contribution in [0.2, 0.25) is 5.02 Å². The molecule has 0 radical (unpaired) electrons. The second kappa shape index (κ2) is 5.11. The molecule has 0 atom stereocenters. The van der Waals surface area contributed by atoms with Gasteiger partial charge >= 0.3 is 0 Å². The van der Waals surface area contributed by atoms with Crippen molar-refractivity contribution in [3.8, 4) is 0 Å². The summed E-state index contributed by atoms with van der Waals surface area (Å²) in [6, 6.07) is 11.0. The van der Waals surface area contributed by atoms with E-state index < -0.39 is 10.0 Å². The van der Waals surface area contributed by atoms with E-state index in [9.17, 15) is 8.42 Å². The Balaban J connectivity index is 2.36. The molecule has 0 saturated heterocycles. The predicted molar refractivity (Wildman–Crippen MR) is 77.9 cm³/mol. The molecule has 0 aliphatic heterocycles. The Morgan fingerprint density at radius 3 is 2.37 bits per heavy atom. The highest BCUT2D eigenvalue weighted by Gasteiger charge is 2.15. The van der Waals surface area contributed by atoms with E-state index in [4.69, 9.17) is 17.3 Å². The molecule has 2 aromatic rings. The summed E-state index contributed by atoms with van der Waals surface area (Å²) in [7, 11) is -3.63. The molecule has 0 unspecified atom stereocenters. The number of hydrogen-bond acceptors (Lipinski definition) is 3. The van der Waals surface area contributed by atoms with Crippen molar-refractivity contribution in [3.63, 3.8) is 0 Å². The average molecular weight is 297 g/mol. The first-order valence-electron chi connectivity index (χ1n) is 5.53. The SMILES string of the molecule is Cc1c(N)cccc1NS(=O)(=O)c1ccc(Cl)cc1. The third-order valence-corrected chi connectivity index (χ3v) is 4.38. The molecule has 0 amide bonds. The summed E-state index contributed by atoms with van der Waals surface area (Å²) in [4.78, 5) is 0.152. The minimum absolute atomic E-state index is 0.152. The zero-order chi connectivity index (χ0) is 14.0. The maximum absolute atomic E-state index is 12.2. The van der Waals surface area contributed by atoms with Gasteiger partial charge < -0.3 is 5.73 Å². The Labute approximate surface area is 117 Å². The van der Waals surface area contributed by atoms with Crippen LogP contribution in [0.1, 0.15) is 5.56 Å². The second-order valence-electron chi connectivity index (χ2n) is 4.08. The number of hydrogen-bond donors (Lipinski definition) is 2. The van der Waals surface area contributed by atoms with E-state index in [2.05, 4.69) is 4.72 Å². The van der Waals surface area contributed by atoms with Gasteiger partial charge in [-0.2, -0.15) is 0 Å². The van der Waals surface area contributed by atoms with Crippen molar-refractivity contribution in [2.45, 2.75) is 11.8 Å². The van der Waals surface area contributed by atoms with Crippen molar-refractivity contribution >= 4 is 33.0 Å². The summed E-state index contributed by atoms with van der Waals surface area (Å²) in [5, 5.41) is 0.485. The molecule has 0 spiro atoms. The van der Waals surface area contributed by atoms with E-state index in [0.717, 1.165) is 0 Å². The van der Waals surface area contributed by atoms with Crippen LogP contribution in [0.4, 0.5) is 11.4 Å². The van der Waals surface area contributed by atoms with Crippen LogP contribution in [-0.4, -0.2) is 8.42 Å². The summed E-state index contributed by atoms with van der Waals surface area (Å²) in [5.41, 5.74) is 7.45. The van der Waals surface area contributed by atoms with Crippen LogP contribution in [0, 0.1) is 6.92 Å². The number of halogens is 1. The minimum Gasteiger partial charge on any atom is -0.398 e. The number of nitrogens with one attached hydrogen (secondary N) is 1. The van der Waals surface area contributed by atoms with E-state index in [1.807, 2.05) is 0 Å². The molecule has 0 fully saturated rings. The highest BCUT2D eigenvalue weighted by Crippen LogP contribution is 2.24. The predicted octanol–water partition coefficient (Wildman–Crippen LogP) is 3.03. The molecule has 2 rings (SSSR count). The van der Waals surface area contributed by atoms with Gasteiger partial charge in [-0.15, -0.1) is 0 Å². The number of sulfonamides is 1. The zero-order valence-electron chi connectivity index (χ0n) is 10.2. The maximum atomic E-state index is 12.2.